The molecule has 3 nitrogen and oxygen atoms in total. The SMILES string of the molecule is O=C1[C@@H]2CN(Cc3ccccc3)C[C@H]1CN(CC1CC1)C2. The Balaban J connectivity index is 1.40. The summed E-state index contributed by atoms with van der Waals surface area (Å²) >= 11 is 0. The lowest BCUT2D eigenvalue weighted by Gasteiger charge is -2.44. The number of carbonyl (C=O) groups is 1. The number of fused-ring (bicyclic) bond motifs is 2. The van der Waals surface area contributed by atoms with E-state index in [2.05, 4.69) is 40.1 Å². The normalized spacial score (nSPS) is 30.6. The molecule has 112 valence electrons. The largest absolute Gasteiger partial charge is 0.302 e. The number of hydrogen-bond acceptors (Lipinski definition) is 3. The number of ketones is 1. The smallest absolute Gasteiger partial charge is 0.144 e. The van der Waals surface area contributed by atoms with Crippen LogP contribution in [0.15, 0.2) is 30.3 Å². The third-order valence-electron chi connectivity index (χ3n) is 5.18. The van der Waals surface area contributed by atoms with Crippen molar-refractivity contribution in [3.63, 3.8) is 0 Å². The fraction of sp³-hybridized carbons (Fsp3) is 0.611. The van der Waals surface area contributed by atoms with Crippen LogP contribution in [0.5, 0.6) is 0 Å². The minimum atomic E-state index is 0.250. The molecule has 1 saturated carbocycles. The van der Waals surface area contributed by atoms with E-state index in [1.54, 1.807) is 0 Å². The van der Waals surface area contributed by atoms with Gasteiger partial charge in [-0.3, -0.25) is 9.69 Å². The Labute approximate surface area is 126 Å². The van der Waals surface area contributed by atoms with Crippen LogP contribution in [0.2, 0.25) is 0 Å². The summed E-state index contributed by atoms with van der Waals surface area (Å²) in [6, 6.07) is 10.6. The molecule has 4 rings (SSSR count). The molecule has 2 aliphatic heterocycles. The maximum atomic E-state index is 12.4. The molecule has 0 amide bonds. The van der Waals surface area contributed by atoms with Crippen LogP contribution in [0.4, 0.5) is 0 Å². The Bertz CT molecular complexity index is 493. The van der Waals surface area contributed by atoms with Crippen LogP contribution in [0.25, 0.3) is 0 Å². The summed E-state index contributed by atoms with van der Waals surface area (Å²) in [6.07, 6.45) is 2.81. The minimum Gasteiger partial charge on any atom is -0.302 e. The predicted molar refractivity (Wildman–Crippen MR) is 82.9 cm³/mol. The first-order chi connectivity index (χ1) is 10.3. The molecular formula is C18H24N2O. The molecule has 0 unspecified atom stereocenters. The van der Waals surface area contributed by atoms with Crippen molar-refractivity contribution in [3.8, 4) is 0 Å². The molecular weight excluding hydrogens is 260 g/mol. The lowest BCUT2D eigenvalue weighted by atomic mass is 9.83. The van der Waals surface area contributed by atoms with E-state index in [0.29, 0.717) is 5.78 Å². The Kier molecular flexibility index (Phi) is 3.56. The number of likely N-dealkylation sites (tertiary alicyclic amines) is 2. The first-order valence-corrected chi connectivity index (χ1v) is 8.30. The van der Waals surface area contributed by atoms with Gasteiger partial charge >= 0.3 is 0 Å². The van der Waals surface area contributed by atoms with Crippen molar-refractivity contribution in [2.24, 2.45) is 17.8 Å². The van der Waals surface area contributed by atoms with Crippen molar-refractivity contribution < 1.29 is 4.79 Å². The van der Waals surface area contributed by atoms with Gasteiger partial charge in [-0.2, -0.15) is 0 Å². The van der Waals surface area contributed by atoms with E-state index >= 15 is 0 Å². The van der Waals surface area contributed by atoms with Crippen molar-refractivity contribution in [3.05, 3.63) is 35.9 Å². The lowest BCUT2D eigenvalue weighted by Crippen LogP contribution is -2.58. The number of hydrogen-bond donors (Lipinski definition) is 0. The van der Waals surface area contributed by atoms with Gasteiger partial charge in [-0.15, -0.1) is 0 Å². The van der Waals surface area contributed by atoms with E-state index in [4.69, 9.17) is 0 Å². The molecule has 2 saturated heterocycles. The zero-order valence-electron chi connectivity index (χ0n) is 12.6. The molecule has 0 aromatic heterocycles. The quantitative estimate of drug-likeness (QED) is 0.845. The second-order valence-electron chi connectivity index (χ2n) is 7.14. The van der Waals surface area contributed by atoms with Crippen molar-refractivity contribution in [2.45, 2.75) is 19.4 Å². The first kappa shape index (κ1) is 13.5. The molecule has 1 aromatic carbocycles. The first-order valence-electron chi connectivity index (χ1n) is 8.30. The summed E-state index contributed by atoms with van der Waals surface area (Å²) in [5, 5.41) is 0. The summed E-state index contributed by atoms with van der Waals surface area (Å²) in [5.41, 5.74) is 1.36. The van der Waals surface area contributed by atoms with E-state index in [9.17, 15) is 4.79 Å². The highest BCUT2D eigenvalue weighted by Crippen LogP contribution is 2.33. The van der Waals surface area contributed by atoms with Crippen molar-refractivity contribution in [1.29, 1.82) is 0 Å². The van der Waals surface area contributed by atoms with Crippen LogP contribution < -0.4 is 0 Å². The lowest BCUT2D eigenvalue weighted by molar-refractivity contribution is -0.137. The highest BCUT2D eigenvalue weighted by atomic mass is 16.1. The fourth-order valence-corrected chi connectivity index (χ4v) is 3.99. The molecule has 1 aliphatic carbocycles. The Morgan fingerprint density at radius 3 is 2.14 bits per heavy atom. The Morgan fingerprint density at radius 2 is 1.52 bits per heavy atom. The highest BCUT2D eigenvalue weighted by molar-refractivity contribution is 5.85. The number of nitrogens with zero attached hydrogens (tertiary/aromatic N) is 2. The molecule has 2 bridgehead atoms. The van der Waals surface area contributed by atoms with Gasteiger partial charge in [0.25, 0.3) is 0 Å². The van der Waals surface area contributed by atoms with E-state index in [1.165, 1.54) is 24.9 Å². The average Bonchev–Trinajstić information content (AvgIpc) is 3.26. The number of benzene rings is 1. The van der Waals surface area contributed by atoms with E-state index in [1.807, 2.05) is 0 Å². The van der Waals surface area contributed by atoms with Gasteiger partial charge in [0.15, 0.2) is 0 Å². The number of rotatable bonds is 4. The maximum absolute atomic E-state index is 12.4. The number of Topliss-reactive ketones (excluding diaryl/α,β-unsaturated/α-hetero) is 1. The van der Waals surface area contributed by atoms with Crippen LogP contribution in [0, 0.1) is 17.8 Å². The molecule has 0 spiro atoms. The highest BCUT2D eigenvalue weighted by Gasteiger charge is 2.41. The average molecular weight is 284 g/mol. The third-order valence-corrected chi connectivity index (χ3v) is 5.18. The van der Waals surface area contributed by atoms with Crippen LogP contribution >= 0.6 is 0 Å². The summed E-state index contributed by atoms with van der Waals surface area (Å²) < 4.78 is 0. The van der Waals surface area contributed by atoms with Gasteiger partial charge in [0.05, 0.1) is 0 Å². The van der Waals surface area contributed by atoms with Gasteiger partial charge in [0.2, 0.25) is 0 Å². The molecule has 3 fully saturated rings. The fourth-order valence-electron chi connectivity index (χ4n) is 3.99. The van der Waals surface area contributed by atoms with Gasteiger partial charge < -0.3 is 4.90 Å². The van der Waals surface area contributed by atoms with Crippen molar-refractivity contribution in [1.82, 2.24) is 9.80 Å². The van der Waals surface area contributed by atoms with Crippen LogP contribution in [0.1, 0.15) is 18.4 Å². The predicted octanol–water partition coefficient (Wildman–Crippen LogP) is 2.03. The zero-order chi connectivity index (χ0) is 14.2. The summed E-state index contributed by atoms with van der Waals surface area (Å²) in [7, 11) is 0. The van der Waals surface area contributed by atoms with Crippen molar-refractivity contribution >= 4 is 5.78 Å². The molecule has 1 aromatic rings. The van der Waals surface area contributed by atoms with E-state index in [0.717, 1.165) is 38.6 Å². The number of piperidine rings is 2. The van der Waals surface area contributed by atoms with Crippen LogP contribution in [-0.4, -0.2) is 48.3 Å². The Morgan fingerprint density at radius 1 is 0.905 bits per heavy atom. The second-order valence-corrected chi connectivity index (χ2v) is 7.14. The monoisotopic (exact) mass is 284 g/mol. The maximum Gasteiger partial charge on any atom is 0.144 e. The number of carbonyl (C=O) groups excluding carboxylic acids is 1. The molecule has 3 heteroatoms. The van der Waals surface area contributed by atoms with Gasteiger partial charge in [0.1, 0.15) is 5.78 Å². The molecule has 21 heavy (non-hydrogen) atoms. The van der Waals surface area contributed by atoms with Gasteiger partial charge in [0, 0.05) is 51.1 Å². The minimum absolute atomic E-state index is 0.250. The Hall–Kier alpha value is -1.19. The van der Waals surface area contributed by atoms with Crippen LogP contribution in [0.3, 0.4) is 0 Å². The van der Waals surface area contributed by atoms with Gasteiger partial charge in [-0.1, -0.05) is 30.3 Å². The molecule has 0 N–H and O–H groups in total. The zero-order valence-corrected chi connectivity index (χ0v) is 12.6. The summed E-state index contributed by atoms with van der Waals surface area (Å²) in [4.78, 5) is 17.4. The molecule has 2 heterocycles. The summed E-state index contributed by atoms with van der Waals surface area (Å²) in [5.74, 6) is 1.96. The third kappa shape index (κ3) is 3.04. The summed E-state index contributed by atoms with van der Waals surface area (Å²) in [6.45, 7) is 6.12. The molecule has 3 aliphatic rings. The van der Waals surface area contributed by atoms with E-state index < -0.39 is 0 Å². The van der Waals surface area contributed by atoms with Gasteiger partial charge in [-0.25, -0.2) is 0 Å². The van der Waals surface area contributed by atoms with Crippen LogP contribution in [-0.2, 0) is 11.3 Å². The standard InChI is InChI=1S/C18H24N2O/c21-18-16-10-19(8-14-4-2-1-3-5-14)11-17(18)13-20(12-16)9-15-6-7-15/h1-5,15-17H,6-13H2/t16-,17+. The second kappa shape index (κ2) is 5.54. The van der Waals surface area contributed by atoms with Crippen molar-refractivity contribution in [2.75, 3.05) is 32.7 Å². The molecule has 0 radical (unpaired) electrons. The molecule has 2 atom stereocenters. The van der Waals surface area contributed by atoms with E-state index in [-0.39, 0.29) is 11.8 Å². The topological polar surface area (TPSA) is 23.6 Å². The van der Waals surface area contributed by atoms with Gasteiger partial charge in [-0.05, 0) is 24.3 Å².